The molecule has 1 aliphatic carbocycles. The molecule has 1 aliphatic rings. The Balaban J connectivity index is 2.26. The lowest BCUT2D eigenvalue weighted by Crippen LogP contribution is -2.36. The molecular weight excluding hydrogens is 266 g/mol. The van der Waals surface area contributed by atoms with Gasteiger partial charge in [-0.1, -0.05) is 18.9 Å². The number of rotatable bonds is 3. The third-order valence-electron chi connectivity index (χ3n) is 3.44. The summed E-state index contributed by atoms with van der Waals surface area (Å²) >= 11 is 0. The van der Waals surface area contributed by atoms with Gasteiger partial charge in [0.25, 0.3) is 0 Å². The molecule has 1 fully saturated rings. The van der Waals surface area contributed by atoms with E-state index >= 15 is 0 Å². The number of aliphatic hydroxyl groups is 1. The highest BCUT2D eigenvalue weighted by molar-refractivity contribution is 7.89. The van der Waals surface area contributed by atoms with Gasteiger partial charge in [0.15, 0.2) is 0 Å². The van der Waals surface area contributed by atoms with Crippen LogP contribution in [0.25, 0.3) is 0 Å². The maximum Gasteiger partial charge on any atom is 0.240 e. The van der Waals surface area contributed by atoms with Crippen molar-refractivity contribution in [1.82, 2.24) is 0 Å². The largest absolute Gasteiger partial charge is 0.396 e. The zero-order valence-corrected chi connectivity index (χ0v) is 11.4. The van der Waals surface area contributed by atoms with E-state index in [0.717, 1.165) is 25.7 Å². The number of nitrogens with two attached hydrogens (primary N) is 2. The Morgan fingerprint density at radius 2 is 1.95 bits per heavy atom. The third-order valence-corrected chi connectivity index (χ3v) is 4.41. The second-order valence-corrected chi connectivity index (χ2v) is 6.39. The molecule has 6 N–H and O–H groups in total. The van der Waals surface area contributed by atoms with Crippen LogP contribution in [0.2, 0.25) is 0 Å². The molecule has 2 rings (SSSR count). The number of aliphatic hydroxyl groups excluding tert-OH is 1. The van der Waals surface area contributed by atoms with E-state index in [0.29, 0.717) is 5.69 Å². The summed E-state index contributed by atoms with van der Waals surface area (Å²) in [5, 5.41) is 18.1. The van der Waals surface area contributed by atoms with Gasteiger partial charge in [-0.2, -0.15) is 0 Å². The molecule has 0 saturated heterocycles. The third kappa shape index (κ3) is 3.17. The van der Waals surface area contributed by atoms with Crippen LogP contribution in [0.5, 0.6) is 0 Å². The Hall–Kier alpha value is -1.31. The normalized spacial score (nSPS) is 24.1. The van der Waals surface area contributed by atoms with Crippen molar-refractivity contribution in [2.24, 2.45) is 5.14 Å². The van der Waals surface area contributed by atoms with Gasteiger partial charge < -0.3 is 16.2 Å². The molecule has 7 heteroatoms. The van der Waals surface area contributed by atoms with E-state index in [1.54, 1.807) is 12.1 Å². The van der Waals surface area contributed by atoms with Gasteiger partial charge in [-0.25, -0.2) is 13.6 Å². The molecule has 2 atom stereocenters. The number of nitrogens with one attached hydrogen (secondary N) is 1. The molecule has 19 heavy (non-hydrogen) atoms. The molecule has 106 valence electrons. The molecular formula is C12H19N3O3S. The number of primary sulfonamides is 1. The molecule has 0 aromatic heterocycles. The Morgan fingerprint density at radius 1 is 1.26 bits per heavy atom. The zero-order valence-electron chi connectivity index (χ0n) is 10.5. The lowest BCUT2D eigenvalue weighted by atomic mass is 9.92. The van der Waals surface area contributed by atoms with E-state index in [1.807, 2.05) is 0 Å². The predicted octanol–water partition coefficient (Wildman–Crippen LogP) is 0.632. The lowest BCUT2D eigenvalue weighted by molar-refractivity contribution is 0.116. The molecule has 2 unspecified atom stereocenters. The van der Waals surface area contributed by atoms with Gasteiger partial charge >= 0.3 is 0 Å². The highest BCUT2D eigenvalue weighted by atomic mass is 32.2. The van der Waals surface area contributed by atoms with Crippen LogP contribution in [-0.4, -0.2) is 25.7 Å². The van der Waals surface area contributed by atoms with Crippen LogP contribution in [0.15, 0.2) is 23.1 Å². The zero-order chi connectivity index (χ0) is 14.0. The number of sulfonamides is 1. The van der Waals surface area contributed by atoms with Crippen molar-refractivity contribution in [2.45, 2.75) is 42.7 Å². The first-order chi connectivity index (χ1) is 8.89. The van der Waals surface area contributed by atoms with Crippen LogP contribution in [0.3, 0.4) is 0 Å². The SMILES string of the molecule is Nc1c(NC2CCCCC2O)cccc1S(N)(=O)=O. The van der Waals surface area contributed by atoms with Gasteiger partial charge in [0.2, 0.25) is 10.0 Å². The average molecular weight is 285 g/mol. The topological polar surface area (TPSA) is 118 Å². The fraction of sp³-hybridized carbons (Fsp3) is 0.500. The summed E-state index contributed by atoms with van der Waals surface area (Å²) in [6.07, 6.45) is 3.17. The smallest absolute Gasteiger partial charge is 0.240 e. The Bertz CT molecular complexity index is 559. The van der Waals surface area contributed by atoms with Crippen molar-refractivity contribution in [3.05, 3.63) is 18.2 Å². The summed E-state index contributed by atoms with van der Waals surface area (Å²) in [5.41, 5.74) is 6.43. The Labute approximate surface area is 112 Å². The summed E-state index contributed by atoms with van der Waals surface area (Å²) in [4.78, 5) is -0.0946. The van der Waals surface area contributed by atoms with Gasteiger partial charge in [-0.15, -0.1) is 0 Å². The van der Waals surface area contributed by atoms with Gasteiger partial charge in [-0.05, 0) is 25.0 Å². The average Bonchev–Trinajstić information content (AvgIpc) is 2.33. The molecule has 0 aliphatic heterocycles. The summed E-state index contributed by atoms with van der Waals surface area (Å²) in [6.45, 7) is 0. The van der Waals surface area contributed by atoms with E-state index in [-0.39, 0.29) is 16.6 Å². The van der Waals surface area contributed by atoms with Crippen LogP contribution in [-0.2, 0) is 10.0 Å². The van der Waals surface area contributed by atoms with E-state index in [2.05, 4.69) is 5.32 Å². The van der Waals surface area contributed by atoms with Crippen molar-refractivity contribution in [2.75, 3.05) is 11.1 Å². The minimum Gasteiger partial charge on any atom is -0.396 e. The second kappa shape index (κ2) is 5.36. The maximum absolute atomic E-state index is 11.4. The summed E-state index contributed by atoms with van der Waals surface area (Å²) in [7, 11) is -3.84. The number of para-hydroxylation sites is 1. The lowest BCUT2D eigenvalue weighted by Gasteiger charge is -2.29. The summed E-state index contributed by atoms with van der Waals surface area (Å²) < 4.78 is 22.8. The quantitative estimate of drug-likeness (QED) is 0.607. The molecule has 1 aromatic rings. The van der Waals surface area contributed by atoms with E-state index in [4.69, 9.17) is 10.9 Å². The fourth-order valence-corrected chi connectivity index (χ4v) is 3.08. The highest BCUT2D eigenvalue weighted by Gasteiger charge is 2.24. The Kier molecular flexibility index (Phi) is 3.98. The number of benzene rings is 1. The van der Waals surface area contributed by atoms with Gasteiger partial charge in [-0.3, -0.25) is 0 Å². The van der Waals surface area contributed by atoms with Crippen LogP contribution in [0.4, 0.5) is 11.4 Å². The first-order valence-corrected chi connectivity index (χ1v) is 7.80. The summed E-state index contributed by atoms with van der Waals surface area (Å²) in [6, 6.07) is 4.53. The molecule has 0 spiro atoms. The molecule has 0 radical (unpaired) electrons. The number of anilines is 2. The first kappa shape index (κ1) is 14.1. The molecule has 1 saturated carbocycles. The van der Waals surface area contributed by atoms with Crippen LogP contribution < -0.4 is 16.2 Å². The van der Waals surface area contributed by atoms with Crippen molar-refractivity contribution < 1.29 is 13.5 Å². The van der Waals surface area contributed by atoms with Crippen molar-refractivity contribution >= 4 is 21.4 Å². The second-order valence-electron chi connectivity index (χ2n) is 4.87. The Morgan fingerprint density at radius 3 is 2.58 bits per heavy atom. The van der Waals surface area contributed by atoms with Gasteiger partial charge in [0.1, 0.15) is 4.90 Å². The van der Waals surface area contributed by atoms with Crippen molar-refractivity contribution in [3.8, 4) is 0 Å². The van der Waals surface area contributed by atoms with E-state index in [9.17, 15) is 13.5 Å². The monoisotopic (exact) mass is 285 g/mol. The van der Waals surface area contributed by atoms with Gasteiger partial charge in [0.05, 0.1) is 23.5 Å². The molecule has 1 aromatic carbocycles. The summed E-state index contributed by atoms with van der Waals surface area (Å²) in [5.74, 6) is 0. The van der Waals surface area contributed by atoms with E-state index in [1.165, 1.54) is 6.07 Å². The number of nitrogen functional groups attached to an aromatic ring is 1. The highest BCUT2D eigenvalue weighted by Crippen LogP contribution is 2.29. The molecule has 0 bridgehead atoms. The standard InChI is InChI=1S/C12H19N3O3S/c13-12-9(5-3-7-11(12)19(14,17)18)15-8-4-1-2-6-10(8)16/h3,5,7-8,10,15-16H,1-2,4,6,13H2,(H2,14,17,18). The van der Waals surface area contributed by atoms with Crippen LogP contribution in [0.1, 0.15) is 25.7 Å². The molecule has 6 nitrogen and oxygen atoms in total. The minimum absolute atomic E-state index is 0.0946. The van der Waals surface area contributed by atoms with Crippen molar-refractivity contribution in [1.29, 1.82) is 0 Å². The van der Waals surface area contributed by atoms with E-state index < -0.39 is 16.1 Å². The van der Waals surface area contributed by atoms with Gasteiger partial charge in [0, 0.05) is 0 Å². The number of hydrogen-bond donors (Lipinski definition) is 4. The minimum atomic E-state index is -3.84. The molecule has 0 amide bonds. The number of hydrogen-bond acceptors (Lipinski definition) is 5. The van der Waals surface area contributed by atoms with Crippen LogP contribution in [0, 0.1) is 0 Å². The molecule has 0 heterocycles. The van der Waals surface area contributed by atoms with Crippen LogP contribution >= 0.6 is 0 Å². The van der Waals surface area contributed by atoms with Crippen molar-refractivity contribution in [3.63, 3.8) is 0 Å². The first-order valence-electron chi connectivity index (χ1n) is 6.25. The predicted molar refractivity (Wildman–Crippen MR) is 74.1 cm³/mol. The maximum atomic E-state index is 11.4. The fourth-order valence-electron chi connectivity index (χ4n) is 2.40.